The number of benzene rings is 1. The summed E-state index contributed by atoms with van der Waals surface area (Å²) in [5.74, 6) is 0.483. The smallest absolute Gasteiger partial charge is 0.410 e. The van der Waals surface area contributed by atoms with Gasteiger partial charge in [0.25, 0.3) is 5.91 Å². The first-order valence-corrected chi connectivity index (χ1v) is 9.24. The monoisotopic (exact) mass is 406 g/mol. The van der Waals surface area contributed by atoms with Crippen LogP contribution in [0, 0.1) is 0 Å². The van der Waals surface area contributed by atoms with Crippen LogP contribution in [0.2, 0.25) is 5.02 Å². The molecule has 1 aliphatic rings. The van der Waals surface area contributed by atoms with Crippen LogP contribution in [-0.2, 0) is 17.7 Å². The van der Waals surface area contributed by atoms with Gasteiger partial charge in [-0.15, -0.1) is 0 Å². The van der Waals surface area contributed by atoms with Crippen LogP contribution in [0.5, 0.6) is 5.75 Å². The maximum atomic E-state index is 12.7. The Hall–Kier alpha value is -2.74. The Morgan fingerprint density at radius 1 is 1.32 bits per heavy atom. The summed E-state index contributed by atoms with van der Waals surface area (Å²) in [6.45, 7) is 6.30. The molecule has 2 aromatic rings. The van der Waals surface area contributed by atoms with Crippen molar-refractivity contribution in [2.45, 2.75) is 39.3 Å². The summed E-state index contributed by atoms with van der Waals surface area (Å²) in [7, 11) is 1.49. The van der Waals surface area contributed by atoms with Crippen molar-refractivity contribution in [2.75, 3.05) is 19.0 Å². The molecule has 2 heterocycles. The number of aromatic amines is 1. The van der Waals surface area contributed by atoms with Crippen molar-refractivity contribution in [3.63, 3.8) is 0 Å². The quantitative estimate of drug-likeness (QED) is 0.811. The van der Waals surface area contributed by atoms with E-state index in [0.29, 0.717) is 41.7 Å². The lowest BCUT2D eigenvalue weighted by Gasteiger charge is -2.29. The number of anilines is 1. The lowest BCUT2D eigenvalue weighted by Crippen LogP contribution is -2.39. The maximum Gasteiger partial charge on any atom is 0.410 e. The van der Waals surface area contributed by atoms with E-state index in [1.54, 1.807) is 23.1 Å². The number of amides is 2. The van der Waals surface area contributed by atoms with E-state index in [-0.39, 0.29) is 12.0 Å². The molecule has 0 spiro atoms. The fraction of sp³-hybridized carbons (Fsp3) is 0.421. The van der Waals surface area contributed by atoms with Crippen LogP contribution in [-0.4, -0.2) is 46.4 Å². The molecule has 0 aliphatic carbocycles. The number of methoxy groups -OCH3 is 1. The van der Waals surface area contributed by atoms with Crippen LogP contribution in [0.1, 0.15) is 42.4 Å². The number of carbonyl (C=O) groups is 2. The molecule has 0 fully saturated rings. The van der Waals surface area contributed by atoms with Gasteiger partial charge in [0.1, 0.15) is 11.4 Å². The Morgan fingerprint density at radius 2 is 2.07 bits per heavy atom. The molecule has 8 nitrogen and oxygen atoms in total. The van der Waals surface area contributed by atoms with Gasteiger partial charge in [0.05, 0.1) is 24.9 Å². The second-order valence-corrected chi connectivity index (χ2v) is 7.92. The SMILES string of the molecule is COc1ccc(Cl)cc1C(=O)Nc1n[nH]c2c1CCN(C(=O)OC(C)(C)C)C2. The number of ether oxygens (including phenoxy) is 2. The zero-order valence-corrected chi connectivity index (χ0v) is 17.0. The number of nitrogens with one attached hydrogen (secondary N) is 2. The molecule has 3 rings (SSSR count). The third-order valence-corrected chi connectivity index (χ3v) is 4.46. The molecule has 1 aromatic carbocycles. The van der Waals surface area contributed by atoms with Gasteiger partial charge in [-0.1, -0.05) is 11.6 Å². The predicted molar refractivity (Wildman–Crippen MR) is 105 cm³/mol. The third-order valence-electron chi connectivity index (χ3n) is 4.22. The molecule has 0 saturated heterocycles. The van der Waals surface area contributed by atoms with Gasteiger partial charge in [-0.2, -0.15) is 5.10 Å². The molecule has 1 aliphatic heterocycles. The van der Waals surface area contributed by atoms with Crippen LogP contribution in [0.25, 0.3) is 0 Å². The molecule has 0 radical (unpaired) electrons. The minimum absolute atomic E-state index is 0.318. The van der Waals surface area contributed by atoms with E-state index in [0.717, 1.165) is 11.3 Å². The van der Waals surface area contributed by atoms with Crippen LogP contribution in [0.4, 0.5) is 10.6 Å². The normalized spacial score (nSPS) is 13.7. The number of halogens is 1. The highest BCUT2D eigenvalue weighted by atomic mass is 35.5. The Bertz CT molecular complexity index is 904. The number of aromatic nitrogens is 2. The van der Waals surface area contributed by atoms with Crippen molar-refractivity contribution in [1.29, 1.82) is 0 Å². The number of H-pyrrole nitrogens is 1. The van der Waals surface area contributed by atoms with E-state index in [4.69, 9.17) is 21.1 Å². The van der Waals surface area contributed by atoms with Gasteiger partial charge in [0.15, 0.2) is 5.82 Å². The molecule has 2 N–H and O–H groups in total. The van der Waals surface area contributed by atoms with E-state index in [9.17, 15) is 9.59 Å². The van der Waals surface area contributed by atoms with E-state index in [1.165, 1.54) is 7.11 Å². The number of nitrogens with zero attached hydrogens (tertiary/aromatic N) is 2. The molecule has 2 amide bonds. The van der Waals surface area contributed by atoms with Gasteiger partial charge >= 0.3 is 6.09 Å². The molecule has 28 heavy (non-hydrogen) atoms. The lowest BCUT2D eigenvalue weighted by molar-refractivity contribution is 0.0221. The summed E-state index contributed by atoms with van der Waals surface area (Å²) in [5.41, 5.74) is 1.40. The summed E-state index contributed by atoms with van der Waals surface area (Å²) in [5, 5.41) is 10.3. The average molecular weight is 407 g/mol. The largest absolute Gasteiger partial charge is 0.496 e. The fourth-order valence-corrected chi connectivity index (χ4v) is 3.11. The minimum atomic E-state index is -0.555. The molecule has 0 bridgehead atoms. The van der Waals surface area contributed by atoms with Crippen LogP contribution in [0.3, 0.4) is 0 Å². The zero-order chi connectivity index (χ0) is 20.5. The Kier molecular flexibility index (Phi) is 5.51. The Labute approximate surface area is 168 Å². The van der Waals surface area contributed by atoms with Crippen LogP contribution < -0.4 is 10.1 Å². The highest BCUT2D eigenvalue weighted by molar-refractivity contribution is 6.31. The Morgan fingerprint density at radius 3 is 2.75 bits per heavy atom. The van der Waals surface area contributed by atoms with E-state index in [1.807, 2.05) is 20.8 Å². The first-order chi connectivity index (χ1) is 13.2. The first kappa shape index (κ1) is 20.0. The number of rotatable bonds is 3. The van der Waals surface area contributed by atoms with Gasteiger partial charge < -0.3 is 19.7 Å². The van der Waals surface area contributed by atoms with Crippen molar-refractivity contribution in [2.24, 2.45) is 0 Å². The first-order valence-electron chi connectivity index (χ1n) is 8.87. The molecule has 150 valence electrons. The van der Waals surface area contributed by atoms with E-state index >= 15 is 0 Å². The van der Waals surface area contributed by atoms with E-state index in [2.05, 4.69) is 15.5 Å². The van der Waals surface area contributed by atoms with Gasteiger partial charge in [-0.05, 0) is 45.4 Å². The summed E-state index contributed by atoms with van der Waals surface area (Å²) >= 11 is 6.00. The van der Waals surface area contributed by atoms with Crippen molar-refractivity contribution in [3.8, 4) is 5.75 Å². The minimum Gasteiger partial charge on any atom is -0.496 e. The summed E-state index contributed by atoms with van der Waals surface area (Å²) in [4.78, 5) is 26.5. The van der Waals surface area contributed by atoms with E-state index < -0.39 is 5.60 Å². The molecule has 0 unspecified atom stereocenters. The number of hydrogen-bond donors (Lipinski definition) is 2. The van der Waals surface area contributed by atoms with Gasteiger partial charge in [-0.3, -0.25) is 9.89 Å². The van der Waals surface area contributed by atoms with Crippen molar-refractivity contribution in [1.82, 2.24) is 15.1 Å². The van der Waals surface area contributed by atoms with Crippen molar-refractivity contribution in [3.05, 3.63) is 40.0 Å². The number of carbonyl (C=O) groups excluding carboxylic acids is 2. The summed E-state index contributed by atoms with van der Waals surface area (Å²) < 4.78 is 10.6. The van der Waals surface area contributed by atoms with Crippen molar-refractivity contribution >= 4 is 29.4 Å². The molecule has 0 saturated carbocycles. The molecular formula is C19H23ClN4O4. The highest BCUT2D eigenvalue weighted by Gasteiger charge is 2.29. The second kappa shape index (κ2) is 7.71. The molecule has 9 heteroatoms. The molecular weight excluding hydrogens is 384 g/mol. The summed E-state index contributed by atoms with van der Waals surface area (Å²) in [6, 6.07) is 4.83. The fourth-order valence-electron chi connectivity index (χ4n) is 2.94. The van der Waals surface area contributed by atoms with Gasteiger partial charge in [0.2, 0.25) is 0 Å². The third kappa shape index (κ3) is 4.39. The number of hydrogen-bond acceptors (Lipinski definition) is 5. The van der Waals surface area contributed by atoms with Crippen molar-refractivity contribution < 1.29 is 19.1 Å². The predicted octanol–water partition coefficient (Wildman–Crippen LogP) is 3.62. The van der Waals surface area contributed by atoms with Gasteiger partial charge in [-0.25, -0.2) is 4.79 Å². The molecule has 1 aromatic heterocycles. The molecule has 0 atom stereocenters. The standard InChI is InChI=1S/C19H23ClN4O4/c1-19(2,3)28-18(26)24-8-7-12-14(10-24)22-23-16(12)21-17(25)13-9-11(20)5-6-15(13)27-4/h5-6,9H,7-8,10H2,1-4H3,(H2,21,22,23,25). The average Bonchev–Trinajstić information content (AvgIpc) is 3.02. The summed E-state index contributed by atoms with van der Waals surface area (Å²) in [6.07, 6.45) is 0.176. The second-order valence-electron chi connectivity index (χ2n) is 7.48. The maximum absolute atomic E-state index is 12.7. The zero-order valence-electron chi connectivity index (χ0n) is 16.3. The number of fused-ring (bicyclic) bond motifs is 1. The lowest BCUT2D eigenvalue weighted by atomic mass is 10.1. The van der Waals surface area contributed by atoms with Crippen LogP contribution in [0.15, 0.2) is 18.2 Å². The van der Waals surface area contributed by atoms with Crippen LogP contribution >= 0.6 is 11.6 Å². The topological polar surface area (TPSA) is 96.5 Å². The Balaban J connectivity index is 1.74. The highest BCUT2D eigenvalue weighted by Crippen LogP contribution is 2.27. The van der Waals surface area contributed by atoms with Gasteiger partial charge in [0, 0.05) is 17.1 Å².